The summed E-state index contributed by atoms with van der Waals surface area (Å²) in [5.41, 5.74) is 2.48. The molecule has 112 valence electrons. The van der Waals surface area contributed by atoms with E-state index in [1.807, 2.05) is 37.3 Å². The predicted octanol–water partition coefficient (Wildman–Crippen LogP) is 4.06. The van der Waals surface area contributed by atoms with Crippen molar-refractivity contribution in [1.82, 2.24) is 0 Å². The van der Waals surface area contributed by atoms with Crippen LogP contribution in [0.25, 0.3) is 0 Å². The molecular weight excluding hydrogens is 269 g/mol. The van der Waals surface area contributed by atoms with Gasteiger partial charge in [-0.1, -0.05) is 24.3 Å². The molecule has 4 heteroatoms. The third kappa shape index (κ3) is 3.52. The Hall–Kier alpha value is -2.07. The second-order valence-corrected chi connectivity index (χ2v) is 5.02. The van der Waals surface area contributed by atoms with Crippen LogP contribution in [0, 0.1) is 5.82 Å². The number of aliphatic hydroxyl groups is 1. The van der Waals surface area contributed by atoms with Gasteiger partial charge in [-0.2, -0.15) is 0 Å². The minimum Gasteiger partial charge on any atom is -0.494 e. The van der Waals surface area contributed by atoms with Crippen LogP contribution in [0.2, 0.25) is 0 Å². The van der Waals surface area contributed by atoms with Crippen molar-refractivity contribution in [3.63, 3.8) is 0 Å². The molecule has 0 aromatic heterocycles. The number of benzene rings is 2. The summed E-state index contributed by atoms with van der Waals surface area (Å²) in [4.78, 5) is 0. The maximum Gasteiger partial charge on any atom is 0.165 e. The summed E-state index contributed by atoms with van der Waals surface area (Å²) in [5, 5.41) is 13.1. The van der Waals surface area contributed by atoms with Crippen LogP contribution in [-0.4, -0.2) is 12.2 Å². The Bertz CT molecular complexity index is 613. The molecule has 2 aromatic carbocycles. The first-order valence-electron chi connectivity index (χ1n) is 6.90. The number of ether oxygens (including phenoxy) is 1. The molecule has 0 aliphatic heterocycles. The van der Waals surface area contributed by atoms with E-state index < -0.39 is 6.10 Å². The SMILES string of the molecule is COc1ccc(C(C)Nc2ccccc2C(C)O)cc1F. The number of halogens is 1. The van der Waals surface area contributed by atoms with Crippen molar-refractivity contribution in [1.29, 1.82) is 0 Å². The van der Waals surface area contributed by atoms with Gasteiger partial charge in [0.1, 0.15) is 0 Å². The summed E-state index contributed by atoms with van der Waals surface area (Å²) < 4.78 is 18.7. The third-order valence-electron chi connectivity index (χ3n) is 3.46. The quantitative estimate of drug-likeness (QED) is 0.872. The highest BCUT2D eigenvalue weighted by atomic mass is 19.1. The molecule has 2 rings (SSSR count). The number of nitrogens with one attached hydrogen (secondary N) is 1. The van der Waals surface area contributed by atoms with Crippen LogP contribution in [0.4, 0.5) is 10.1 Å². The van der Waals surface area contributed by atoms with Crippen LogP contribution in [0.5, 0.6) is 5.75 Å². The molecule has 0 aliphatic carbocycles. The first kappa shape index (κ1) is 15.3. The van der Waals surface area contributed by atoms with Gasteiger partial charge in [0.25, 0.3) is 0 Å². The lowest BCUT2D eigenvalue weighted by Crippen LogP contribution is -2.09. The lowest BCUT2D eigenvalue weighted by atomic mass is 10.0. The summed E-state index contributed by atoms with van der Waals surface area (Å²) in [5.74, 6) is -0.150. The topological polar surface area (TPSA) is 41.5 Å². The summed E-state index contributed by atoms with van der Waals surface area (Å²) in [6.07, 6.45) is -0.562. The minimum atomic E-state index is -0.562. The van der Waals surface area contributed by atoms with E-state index in [0.717, 1.165) is 16.8 Å². The molecule has 0 saturated carbocycles. The first-order valence-corrected chi connectivity index (χ1v) is 6.90. The zero-order chi connectivity index (χ0) is 15.4. The van der Waals surface area contributed by atoms with E-state index in [1.165, 1.54) is 13.2 Å². The monoisotopic (exact) mass is 289 g/mol. The molecule has 0 aliphatic rings. The van der Waals surface area contributed by atoms with Crippen LogP contribution in [0.15, 0.2) is 42.5 Å². The van der Waals surface area contributed by atoms with Crippen LogP contribution in [0.3, 0.4) is 0 Å². The second-order valence-electron chi connectivity index (χ2n) is 5.02. The Balaban J connectivity index is 2.22. The molecule has 21 heavy (non-hydrogen) atoms. The lowest BCUT2D eigenvalue weighted by Gasteiger charge is -2.20. The van der Waals surface area contributed by atoms with Gasteiger partial charge < -0.3 is 15.2 Å². The number of para-hydroxylation sites is 1. The molecular formula is C17H20FNO2. The number of aliphatic hydroxyl groups excluding tert-OH is 1. The molecule has 2 N–H and O–H groups in total. The molecule has 0 radical (unpaired) electrons. The Labute approximate surface area is 124 Å². The Kier molecular flexibility index (Phi) is 4.81. The van der Waals surface area contributed by atoms with Gasteiger partial charge in [0.05, 0.1) is 13.2 Å². The van der Waals surface area contributed by atoms with E-state index in [-0.39, 0.29) is 17.6 Å². The zero-order valence-electron chi connectivity index (χ0n) is 12.4. The summed E-state index contributed by atoms with van der Waals surface area (Å²) >= 11 is 0. The maximum absolute atomic E-state index is 13.8. The van der Waals surface area contributed by atoms with Crippen LogP contribution in [-0.2, 0) is 0 Å². The van der Waals surface area contributed by atoms with Gasteiger partial charge in [-0.3, -0.25) is 0 Å². The van der Waals surface area contributed by atoms with Gasteiger partial charge in [0.2, 0.25) is 0 Å². The Morgan fingerprint density at radius 1 is 1.14 bits per heavy atom. The van der Waals surface area contributed by atoms with Gasteiger partial charge in [-0.05, 0) is 37.6 Å². The van der Waals surface area contributed by atoms with Gasteiger partial charge in [-0.25, -0.2) is 4.39 Å². The number of hydrogen-bond donors (Lipinski definition) is 2. The number of rotatable bonds is 5. The van der Waals surface area contributed by atoms with Crippen molar-refractivity contribution < 1.29 is 14.2 Å². The van der Waals surface area contributed by atoms with Gasteiger partial charge in [0, 0.05) is 17.3 Å². The van der Waals surface area contributed by atoms with E-state index >= 15 is 0 Å². The molecule has 0 amide bonds. The van der Waals surface area contributed by atoms with Crippen LogP contribution >= 0.6 is 0 Å². The Morgan fingerprint density at radius 2 is 1.86 bits per heavy atom. The van der Waals surface area contributed by atoms with Crippen LogP contribution < -0.4 is 10.1 Å². The van der Waals surface area contributed by atoms with Crippen molar-refractivity contribution in [3.8, 4) is 5.75 Å². The van der Waals surface area contributed by atoms with Crippen molar-refractivity contribution in [2.45, 2.75) is 26.0 Å². The van der Waals surface area contributed by atoms with Crippen molar-refractivity contribution in [2.24, 2.45) is 0 Å². The fraction of sp³-hybridized carbons (Fsp3) is 0.294. The largest absolute Gasteiger partial charge is 0.494 e. The van der Waals surface area contributed by atoms with E-state index in [9.17, 15) is 9.50 Å². The summed E-state index contributed by atoms with van der Waals surface area (Å²) in [6.45, 7) is 3.66. The molecule has 0 spiro atoms. The van der Waals surface area contributed by atoms with Gasteiger partial charge >= 0.3 is 0 Å². The average Bonchev–Trinajstić information content (AvgIpc) is 2.47. The number of methoxy groups -OCH3 is 1. The normalized spacial score (nSPS) is 13.6. The first-order chi connectivity index (χ1) is 10.0. The van der Waals surface area contributed by atoms with Crippen molar-refractivity contribution in [2.75, 3.05) is 12.4 Å². The minimum absolute atomic E-state index is 0.0923. The van der Waals surface area contributed by atoms with E-state index in [2.05, 4.69) is 5.32 Å². The number of hydrogen-bond acceptors (Lipinski definition) is 3. The zero-order valence-corrected chi connectivity index (χ0v) is 12.4. The highest BCUT2D eigenvalue weighted by Crippen LogP contribution is 2.28. The summed E-state index contributed by atoms with van der Waals surface area (Å²) in [6, 6.07) is 12.4. The molecule has 0 heterocycles. The average molecular weight is 289 g/mol. The molecule has 2 aromatic rings. The van der Waals surface area contributed by atoms with Gasteiger partial charge in [-0.15, -0.1) is 0 Å². The summed E-state index contributed by atoms with van der Waals surface area (Å²) in [7, 11) is 1.44. The lowest BCUT2D eigenvalue weighted by molar-refractivity contribution is 0.200. The standard InChI is InChI=1S/C17H20FNO2/c1-11(13-8-9-17(21-3)15(18)10-13)19-16-7-5-4-6-14(16)12(2)20/h4-12,19-20H,1-3H3. The van der Waals surface area contributed by atoms with Crippen molar-refractivity contribution in [3.05, 3.63) is 59.4 Å². The fourth-order valence-corrected chi connectivity index (χ4v) is 2.26. The van der Waals surface area contributed by atoms with Crippen molar-refractivity contribution >= 4 is 5.69 Å². The smallest absolute Gasteiger partial charge is 0.165 e. The van der Waals surface area contributed by atoms with Crippen LogP contribution in [0.1, 0.15) is 37.1 Å². The van der Waals surface area contributed by atoms with Gasteiger partial charge in [0.15, 0.2) is 11.6 Å². The van der Waals surface area contributed by atoms with E-state index in [1.54, 1.807) is 13.0 Å². The molecule has 2 unspecified atom stereocenters. The molecule has 0 fully saturated rings. The second kappa shape index (κ2) is 6.59. The fourth-order valence-electron chi connectivity index (χ4n) is 2.26. The third-order valence-corrected chi connectivity index (χ3v) is 3.46. The van der Waals surface area contributed by atoms with E-state index in [0.29, 0.717) is 0 Å². The molecule has 0 saturated heterocycles. The molecule has 0 bridgehead atoms. The highest BCUT2D eigenvalue weighted by Gasteiger charge is 2.12. The Morgan fingerprint density at radius 3 is 2.48 bits per heavy atom. The highest BCUT2D eigenvalue weighted by molar-refractivity contribution is 5.53. The molecule has 2 atom stereocenters. The van der Waals surface area contributed by atoms with E-state index in [4.69, 9.17) is 4.74 Å². The molecule has 3 nitrogen and oxygen atoms in total. The maximum atomic E-state index is 13.8. The number of anilines is 1. The predicted molar refractivity (Wildman–Crippen MR) is 82.1 cm³/mol.